The highest BCUT2D eigenvalue weighted by molar-refractivity contribution is 7.15. The number of nitrogens with zero attached hydrogens (tertiary/aromatic N) is 4. The number of fused-ring (bicyclic) bond motifs is 2. The third-order valence-corrected chi connectivity index (χ3v) is 4.29. The van der Waals surface area contributed by atoms with E-state index in [1.54, 1.807) is 23.7 Å². The van der Waals surface area contributed by atoms with Crippen LogP contribution in [0.2, 0.25) is 0 Å². The molecule has 0 amide bonds. The van der Waals surface area contributed by atoms with Gasteiger partial charge < -0.3 is 0 Å². The van der Waals surface area contributed by atoms with Gasteiger partial charge in [0.15, 0.2) is 0 Å². The van der Waals surface area contributed by atoms with Crippen LogP contribution in [0.3, 0.4) is 0 Å². The second-order valence-electron chi connectivity index (χ2n) is 3.79. The third-order valence-electron chi connectivity index (χ3n) is 2.76. The average Bonchev–Trinajstić information content (AvgIpc) is 3.05. The molecule has 6 heteroatoms. The Labute approximate surface area is 110 Å². The molecule has 18 heavy (non-hydrogen) atoms. The maximum atomic E-state index is 4.41. The highest BCUT2D eigenvalue weighted by Crippen LogP contribution is 2.35. The van der Waals surface area contributed by atoms with Gasteiger partial charge in [0.25, 0.3) is 0 Å². The second-order valence-corrected chi connectivity index (χ2v) is 5.20. The Hall–Kier alpha value is -1.92. The standard InChI is InChI=1S/C12H6N4S2/c1-2-7(10-8(3-1)15-18-16-10)12-11-9(6-17-12)13-4-5-14-11/h1-6H. The van der Waals surface area contributed by atoms with Crippen LogP contribution in [-0.2, 0) is 0 Å². The van der Waals surface area contributed by atoms with Gasteiger partial charge >= 0.3 is 0 Å². The van der Waals surface area contributed by atoms with Gasteiger partial charge in [-0.15, -0.1) is 11.3 Å². The summed E-state index contributed by atoms with van der Waals surface area (Å²) in [5, 5.41) is 2.02. The fourth-order valence-electron chi connectivity index (χ4n) is 1.96. The van der Waals surface area contributed by atoms with Gasteiger partial charge in [-0.1, -0.05) is 12.1 Å². The molecule has 3 heterocycles. The fourth-order valence-corrected chi connectivity index (χ4v) is 3.47. The molecule has 0 saturated heterocycles. The summed E-state index contributed by atoms with van der Waals surface area (Å²) in [5.41, 5.74) is 4.82. The molecule has 4 aromatic rings. The molecule has 0 aliphatic rings. The van der Waals surface area contributed by atoms with Gasteiger partial charge in [0.1, 0.15) is 22.1 Å². The van der Waals surface area contributed by atoms with Crippen LogP contribution in [-0.4, -0.2) is 18.7 Å². The smallest absolute Gasteiger partial charge is 0.113 e. The lowest BCUT2D eigenvalue weighted by atomic mass is 10.1. The van der Waals surface area contributed by atoms with Gasteiger partial charge in [0.2, 0.25) is 0 Å². The van der Waals surface area contributed by atoms with E-state index in [4.69, 9.17) is 0 Å². The summed E-state index contributed by atoms with van der Waals surface area (Å²) in [6.45, 7) is 0. The number of rotatable bonds is 1. The molecular weight excluding hydrogens is 264 g/mol. The van der Waals surface area contributed by atoms with Crippen molar-refractivity contribution in [2.24, 2.45) is 0 Å². The summed E-state index contributed by atoms with van der Waals surface area (Å²) in [7, 11) is 0. The van der Waals surface area contributed by atoms with Gasteiger partial charge in [-0.05, 0) is 6.07 Å². The average molecular weight is 270 g/mol. The third kappa shape index (κ3) is 1.36. The zero-order valence-corrected chi connectivity index (χ0v) is 10.7. The first-order valence-electron chi connectivity index (χ1n) is 5.33. The molecule has 0 saturated carbocycles. The first-order chi connectivity index (χ1) is 8.93. The van der Waals surface area contributed by atoms with E-state index in [2.05, 4.69) is 24.8 Å². The number of thiophene rings is 1. The minimum absolute atomic E-state index is 0.928. The Morgan fingerprint density at radius 3 is 2.83 bits per heavy atom. The Morgan fingerprint density at radius 2 is 1.83 bits per heavy atom. The Balaban J connectivity index is 2.10. The van der Waals surface area contributed by atoms with E-state index in [0.717, 1.165) is 32.5 Å². The lowest BCUT2D eigenvalue weighted by molar-refractivity contribution is 1.31. The van der Waals surface area contributed by atoms with Gasteiger partial charge in [0.05, 0.1) is 16.6 Å². The Morgan fingerprint density at radius 1 is 0.889 bits per heavy atom. The monoisotopic (exact) mass is 270 g/mol. The summed E-state index contributed by atoms with van der Waals surface area (Å²) in [6.07, 6.45) is 3.43. The molecule has 86 valence electrons. The quantitative estimate of drug-likeness (QED) is 0.532. The van der Waals surface area contributed by atoms with Crippen molar-refractivity contribution >= 4 is 45.1 Å². The van der Waals surface area contributed by atoms with Crippen LogP contribution in [0, 0.1) is 0 Å². The number of hydrogen-bond acceptors (Lipinski definition) is 6. The summed E-state index contributed by atoms with van der Waals surface area (Å²) < 4.78 is 8.64. The van der Waals surface area contributed by atoms with E-state index in [9.17, 15) is 0 Å². The number of aromatic nitrogens is 4. The number of benzene rings is 1. The molecule has 4 nitrogen and oxygen atoms in total. The highest BCUT2D eigenvalue weighted by atomic mass is 32.1. The predicted octanol–water partition coefficient (Wildman–Crippen LogP) is 3.36. The zero-order valence-electron chi connectivity index (χ0n) is 9.07. The Bertz CT molecular complexity index is 849. The molecule has 0 N–H and O–H groups in total. The molecule has 0 bridgehead atoms. The van der Waals surface area contributed by atoms with E-state index >= 15 is 0 Å². The van der Waals surface area contributed by atoms with Gasteiger partial charge in [-0.3, -0.25) is 9.97 Å². The van der Waals surface area contributed by atoms with Crippen molar-refractivity contribution in [2.45, 2.75) is 0 Å². The normalized spacial score (nSPS) is 11.3. The maximum Gasteiger partial charge on any atom is 0.113 e. The van der Waals surface area contributed by atoms with E-state index in [1.165, 1.54) is 11.7 Å². The number of hydrogen-bond donors (Lipinski definition) is 0. The first-order valence-corrected chi connectivity index (χ1v) is 6.94. The molecule has 0 radical (unpaired) electrons. The molecule has 0 aliphatic heterocycles. The summed E-state index contributed by atoms with van der Waals surface area (Å²) >= 11 is 2.88. The van der Waals surface area contributed by atoms with Crippen molar-refractivity contribution in [1.29, 1.82) is 0 Å². The van der Waals surface area contributed by atoms with Crippen LogP contribution in [0.15, 0.2) is 36.0 Å². The lowest BCUT2D eigenvalue weighted by Crippen LogP contribution is -1.81. The van der Waals surface area contributed by atoms with E-state index < -0.39 is 0 Å². The maximum absolute atomic E-state index is 4.41. The van der Waals surface area contributed by atoms with Crippen molar-refractivity contribution in [3.8, 4) is 10.4 Å². The van der Waals surface area contributed by atoms with Crippen LogP contribution in [0.1, 0.15) is 0 Å². The molecule has 0 aliphatic carbocycles. The van der Waals surface area contributed by atoms with E-state index in [1.807, 2.05) is 17.5 Å². The van der Waals surface area contributed by atoms with Crippen LogP contribution < -0.4 is 0 Å². The fraction of sp³-hybridized carbons (Fsp3) is 0. The van der Waals surface area contributed by atoms with Crippen LogP contribution in [0.4, 0.5) is 0 Å². The Kier molecular flexibility index (Phi) is 2.12. The lowest BCUT2D eigenvalue weighted by Gasteiger charge is -1.98. The molecule has 1 aromatic carbocycles. The molecule has 0 spiro atoms. The molecule has 0 fully saturated rings. The molecule has 0 unspecified atom stereocenters. The van der Waals surface area contributed by atoms with Crippen molar-refractivity contribution in [2.75, 3.05) is 0 Å². The minimum atomic E-state index is 0.928. The predicted molar refractivity (Wildman–Crippen MR) is 73.8 cm³/mol. The topological polar surface area (TPSA) is 51.6 Å². The SMILES string of the molecule is c1cc(-c2scc3nccnc23)c2nsnc2c1. The van der Waals surface area contributed by atoms with Crippen molar-refractivity contribution in [3.05, 3.63) is 36.0 Å². The zero-order chi connectivity index (χ0) is 11.9. The van der Waals surface area contributed by atoms with Crippen LogP contribution >= 0.6 is 23.1 Å². The molecular formula is C12H6N4S2. The molecule has 3 aromatic heterocycles. The van der Waals surface area contributed by atoms with Crippen molar-refractivity contribution in [1.82, 2.24) is 18.7 Å². The van der Waals surface area contributed by atoms with E-state index in [-0.39, 0.29) is 0 Å². The van der Waals surface area contributed by atoms with Gasteiger partial charge in [-0.2, -0.15) is 8.75 Å². The highest BCUT2D eigenvalue weighted by Gasteiger charge is 2.13. The minimum Gasteiger partial charge on any atom is -0.252 e. The van der Waals surface area contributed by atoms with Crippen LogP contribution in [0.5, 0.6) is 0 Å². The van der Waals surface area contributed by atoms with Crippen molar-refractivity contribution < 1.29 is 0 Å². The summed E-state index contributed by atoms with van der Waals surface area (Å²) in [6, 6.07) is 6.04. The molecule has 4 rings (SSSR count). The van der Waals surface area contributed by atoms with Gasteiger partial charge in [0, 0.05) is 23.3 Å². The summed E-state index contributed by atoms with van der Waals surface area (Å²) in [4.78, 5) is 9.83. The first kappa shape index (κ1) is 10.0. The van der Waals surface area contributed by atoms with Gasteiger partial charge in [-0.25, -0.2) is 0 Å². The largest absolute Gasteiger partial charge is 0.252 e. The summed E-state index contributed by atoms with van der Waals surface area (Å²) in [5.74, 6) is 0. The second kappa shape index (κ2) is 3.79. The molecule has 0 atom stereocenters. The van der Waals surface area contributed by atoms with Crippen LogP contribution in [0.25, 0.3) is 32.5 Å². The van der Waals surface area contributed by atoms with E-state index in [0.29, 0.717) is 0 Å². The van der Waals surface area contributed by atoms with Crippen molar-refractivity contribution in [3.63, 3.8) is 0 Å².